The van der Waals surface area contributed by atoms with E-state index in [1.54, 1.807) is 24.3 Å². The number of benzene rings is 2. The first-order valence-corrected chi connectivity index (χ1v) is 10.4. The summed E-state index contributed by atoms with van der Waals surface area (Å²) in [7, 11) is -3.84. The molecule has 2 aromatic rings. The second-order valence-corrected chi connectivity index (χ2v) is 8.53. The molecule has 2 N–H and O–H groups in total. The number of amides is 1. The van der Waals surface area contributed by atoms with Crippen LogP contribution >= 0.6 is 11.6 Å². The third-order valence-electron chi connectivity index (χ3n) is 4.57. The van der Waals surface area contributed by atoms with Gasteiger partial charge in [-0.25, -0.2) is 8.42 Å². The van der Waals surface area contributed by atoms with E-state index in [2.05, 4.69) is 14.9 Å². The molecule has 2 aliphatic rings. The van der Waals surface area contributed by atoms with E-state index in [9.17, 15) is 13.2 Å². The van der Waals surface area contributed by atoms with Crippen LogP contribution in [0.3, 0.4) is 0 Å². The smallest absolute Gasteiger partial charge is 0.261 e. The molecule has 2 heterocycles. The minimum Gasteiger partial charge on any atom is -0.378 e. The van der Waals surface area contributed by atoms with Gasteiger partial charge >= 0.3 is 0 Å². The lowest BCUT2D eigenvalue weighted by molar-refractivity contribution is -0.115. The molecule has 7 nitrogen and oxygen atoms in total. The highest BCUT2D eigenvalue weighted by Crippen LogP contribution is 2.33. The zero-order chi connectivity index (χ0) is 19.0. The van der Waals surface area contributed by atoms with Gasteiger partial charge in [-0.15, -0.1) is 0 Å². The van der Waals surface area contributed by atoms with E-state index in [1.807, 2.05) is 0 Å². The molecular weight excluding hydrogens is 390 g/mol. The average Bonchev–Trinajstić information content (AvgIpc) is 3.01. The lowest BCUT2D eigenvalue weighted by Gasteiger charge is -2.30. The van der Waals surface area contributed by atoms with Crippen molar-refractivity contribution in [1.29, 1.82) is 0 Å². The van der Waals surface area contributed by atoms with E-state index in [0.717, 1.165) is 5.69 Å². The van der Waals surface area contributed by atoms with Crippen LogP contribution in [0, 0.1) is 0 Å². The van der Waals surface area contributed by atoms with Crippen LogP contribution in [-0.4, -0.2) is 40.6 Å². The highest BCUT2D eigenvalue weighted by molar-refractivity contribution is 7.92. The number of nitrogens with zero attached hydrogens (tertiary/aromatic N) is 1. The number of hydrogen-bond donors (Lipinski definition) is 2. The van der Waals surface area contributed by atoms with Crippen molar-refractivity contribution in [3.8, 4) is 0 Å². The Morgan fingerprint density at radius 3 is 2.67 bits per heavy atom. The van der Waals surface area contributed by atoms with E-state index < -0.39 is 10.0 Å². The Morgan fingerprint density at radius 2 is 1.89 bits per heavy atom. The summed E-state index contributed by atoms with van der Waals surface area (Å²) in [5, 5.41) is 3.13. The van der Waals surface area contributed by atoms with E-state index in [-0.39, 0.29) is 17.2 Å². The standard InChI is InChI=1S/C18H18ClN3O4S/c19-13-1-4-17(22-5-7-26-8-6-22)16(11-13)21-27(24,25)14-2-3-15-12(9-14)10-18(23)20-15/h1-4,9,11,21H,5-8,10H2,(H,20,23). The molecule has 9 heteroatoms. The second-order valence-electron chi connectivity index (χ2n) is 6.41. The van der Waals surface area contributed by atoms with E-state index in [0.29, 0.717) is 48.3 Å². The summed E-state index contributed by atoms with van der Waals surface area (Å²) >= 11 is 6.10. The van der Waals surface area contributed by atoms with Crippen molar-refractivity contribution < 1.29 is 17.9 Å². The highest BCUT2D eigenvalue weighted by atomic mass is 35.5. The van der Waals surface area contributed by atoms with Crippen molar-refractivity contribution in [2.45, 2.75) is 11.3 Å². The van der Waals surface area contributed by atoms with Crippen molar-refractivity contribution in [3.05, 3.63) is 47.0 Å². The molecule has 1 amide bonds. The number of rotatable bonds is 4. The predicted octanol–water partition coefficient (Wildman–Crippen LogP) is 2.47. The summed E-state index contributed by atoms with van der Waals surface area (Å²) in [6.45, 7) is 2.51. The van der Waals surface area contributed by atoms with E-state index in [1.165, 1.54) is 12.1 Å². The molecule has 1 saturated heterocycles. The molecule has 0 unspecified atom stereocenters. The molecule has 0 aromatic heterocycles. The van der Waals surface area contributed by atoms with Gasteiger partial charge in [-0.05, 0) is 42.0 Å². The first-order valence-electron chi connectivity index (χ1n) is 8.50. The third-order valence-corrected chi connectivity index (χ3v) is 6.17. The van der Waals surface area contributed by atoms with Gasteiger partial charge in [-0.2, -0.15) is 0 Å². The largest absolute Gasteiger partial charge is 0.378 e. The molecule has 1 fully saturated rings. The fourth-order valence-corrected chi connectivity index (χ4v) is 4.53. The first-order chi connectivity index (χ1) is 12.9. The summed E-state index contributed by atoms with van der Waals surface area (Å²) in [4.78, 5) is 13.7. The topological polar surface area (TPSA) is 87.7 Å². The molecule has 2 aliphatic heterocycles. The van der Waals surface area contributed by atoms with Crippen molar-refractivity contribution in [2.75, 3.05) is 41.2 Å². The van der Waals surface area contributed by atoms with Crippen LogP contribution in [0.25, 0.3) is 0 Å². The fourth-order valence-electron chi connectivity index (χ4n) is 3.25. The minimum atomic E-state index is -3.84. The number of sulfonamides is 1. The summed E-state index contributed by atoms with van der Waals surface area (Å²) in [5.41, 5.74) is 2.49. The Hall–Kier alpha value is -2.29. The quantitative estimate of drug-likeness (QED) is 0.812. The van der Waals surface area contributed by atoms with Crippen molar-refractivity contribution in [2.24, 2.45) is 0 Å². The maximum atomic E-state index is 12.9. The Kier molecular flexibility index (Phi) is 4.71. The maximum Gasteiger partial charge on any atom is 0.261 e. The molecule has 142 valence electrons. The Morgan fingerprint density at radius 1 is 1.11 bits per heavy atom. The van der Waals surface area contributed by atoms with Crippen LogP contribution in [0.5, 0.6) is 0 Å². The summed E-state index contributed by atoms with van der Waals surface area (Å²) in [5.74, 6) is -0.142. The van der Waals surface area contributed by atoms with Gasteiger partial charge in [0, 0.05) is 23.8 Å². The zero-order valence-electron chi connectivity index (χ0n) is 14.4. The molecule has 2 aromatic carbocycles. The molecule has 27 heavy (non-hydrogen) atoms. The van der Waals surface area contributed by atoms with Gasteiger partial charge in [0.05, 0.1) is 35.9 Å². The number of anilines is 3. The molecule has 0 aliphatic carbocycles. The van der Waals surface area contributed by atoms with Crippen LogP contribution in [0.15, 0.2) is 41.3 Å². The van der Waals surface area contributed by atoms with Crippen molar-refractivity contribution in [1.82, 2.24) is 0 Å². The molecule has 4 rings (SSSR count). The Balaban J connectivity index is 1.66. The number of nitrogens with one attached hydrogen (secondary N) is 2. The second kappa shape index (κ2) is 7.03. The van der Waals surface area contributed by atoms with Crippen molar-refractivity contribution >= 4 is 44.6 Å². The molecule has 0 bridgehead atoms. The number of halogens is 1. The normalized spacial score (nSPS) is 16.8. The fraction of sp³-hybridized carbons (Fsp3) is 0.278. The number of carbonyl (C=O) groups excluding carboxylic acids is 1. The van der Waals surface area contributed by atoms with Gasteiger partial charge in [-0.3, -0.25) is 9.52 Å². The molecule has 0 atom stereocenters. The van der Waals surface area contributed by atoms with Crippen LogP contribution in [0.1, 0.15) is 5.56 Å². The van der Waals surface area contributed by atoms with Crippen LogP contribution in [0.4, 0.5) is 17.1 Å². The van der Waals surface area contributed by atoms with E-state index in [4.69, 9.17) is 16.3 Å². The summed E-state index contributed by atoms with van der Waals surface area (Å²) < 4.78 is 33.9. The zero-order valence-corrected chi connectivity index (χ0v) is 15.9. The molecule has 0 saturated carbocycles. The number of fused-ring (bicyclic) bond motifs is 1. The number of morpholine rings is 1. The molecule has 0 spiro atoms. The van der Waals surface area contributed by atoms with Crippen LogP contribution < -0.4 is 14.9 Å². The van der Waals surface area contributed by atoms with Gasteiger partial charge in [0.15, 0.2) is 0 Å². The Bertz CT molecular complexity index is 1000. The monoisotopic (exact) mass is 407 g/mol. The van der Waals surface area contributed by atoms with Crippen LogP contribution in [-0.2, 0) is 26.0 Å². The van der Waals surface area contributed by atoms with Gasteiger partial charge in [-0.1, -0.05) is 11.6 Å². The van der Waals surface area contributed by atoms with E-state index >= 15 is 0 Å². The van der Waals surface area contributed by atoms with Gasteiger partial charge < -0.3 is 15.0 Å². The number of hydrogen-bond acceptors (Lipinski definition) is 5. The lowest BCUT2D eigenvalue weighted by Crippen LogP contribution is -2.36. The Labute approximate surface area is 162 Å². The average molecular weight is 408 g/mol. The van der Waals surface area contributed by atoms with Gasteiger partial charge in [0.1, 0.15) is 0 Å². The third kappa shape index (κ3) is 3.73. The lowest BCUT2D eigenvalue weighted by atomic mass is 10.2. The predicted molar refractivity (Wildman–Crippen MR) is 104 cm³/mol. The SMILES string of the molecule is O=C1Cc2cc(S(=O)(=O)Nc3cc(Cl)ccc3N3CCOCC3)ccc2N1. The number of carbonyl (C=O) groups is 1. The van der Waals surface area contributed by atoms with Crippen molar-refractivity contribution in [3.63, 3.8) is 0 Å². The number of ether oxygens (including phenoxy) is 1. The molecule has 0 radical (unpaired) electrons. The summed E-state index contributed by atoms with van der Waals surface area (Å²) in [6.07, 6.45) is 0.175. The first kappa shape index (κ1) is 18.1. The highest BCUT2D eigenvalue weighted by Gasteiger charge is 2.24. The van der Waals surface area contributed by atoms with Gasteiger partial charge in [0.2, 0.25) is 5.91 Å². The molecular formula is C18H18ClN3O4S. The van der Waals surface area contributed by atoms with Crippen LogP contribution in [0.2, 0.25) is 5.02 Å². The summed E-state index contributed by atoms with van der Waals surface area (Å²) in [6, 6.07) is 9.74. The minimum absolute atomic E-state index is 0.102. The maximum absolute atomic E-state index is 12.9. The van der Waals surface area contributed by atoms with Gasteiger partial charge in [0.25, 0.3) is 10.0 Å².